The molecule has 0 fully saturated rings. The molecule has 0 amide bonds. The van der Waals surface area contributed by atoms with Gasteiger partial charge in [0, 0.05) is 19.8 Å². The molecule has 0 rings (SSSR count). The number of hydrogen-bond donors (Lipinski definition) is 4. The van der Waals surface area contributed by atoms with Gasteiger partial charge in [0.2, 0.25) is 0 Å². The summed E-state index contributed by atoms with van der Waals surface area (Å²) < 4.78 is 38.9. The number of hydrogen-bond acceptors (Lipinski definition) is 8. The smallest absolute Gasteiger partial charge is 0.322 e. The Bertz CT molecular complexity index is 620. The molecule has 0 aromatic carbocycles. The largest absolute Gasteiger partial charge is 0.416 e. The molecule has 0 aliphatic carbocycles. The Kier molecular flexibility index (Phi) is 14.8. The molecule has 6 N–H and O–H groups in total. The van der Waals surface area contributed by atoms with Gasteiger partial charge in [-0.2, -0.15) is 0 Å². The summed E-state index contributed by atoms with van der Waals surface area (Å²) in [7, 11) is -12.7. The molecular weight excluding hydrogens is 521 g/mol. The SMILES string of the molecule is CCO[Si](C)(C)O[Si](C)(C)O[Si](C)(CCCN)O[Si](C)(CCCNC(=N)N)O[Si](C)(C)OCC. The Morgan fingerprint density at radius 1 is 0.706 bits per heavy atom. The molecule has 0 aliphatic rings. The number of rotatable bonds is 19. The van der Waals surface area contributed by atoms with Crippen molar-refractivity contribution < 1.29 is 25.3 Å². The first kappa shape index (κ1) is 34.1. The highest BCUT2D eigenvalue weighted by Gasteiger charge is 2.50. The Morgan fingerprint density at radius 2 is 1.15 bits per heavy atom. The van der Waals surface area contributed by atoms with Crippen LogP contribution in [-0.2, 0) is 25.3 Å². The molecule has 0 spiro atoms. The van der Waals surface area contributed by atoms with Crippen molar-refractivity contribution in [2.45, 2.75) is 91.2 Å². The molecule has 10 nitrogen and oxygen atoms in total. The van der Waals surface area contributed by atoms with Gasteiger partial charge in [0.15, 0.2) is 5.96 Å². The molecule has 2 atom stereocenters. The topological polar surface area (TPSA) is 143 Å². The molecule has 204 valence electrons. The lowest BCUT2D eigenvalue weighted by atomic mass is 10.5. The molecule has 2 unspecified atom stereocenters. The lowest BCUT2D eigenvalue weighted by molar-refractivity contribution is 0.217. The van der Waals surface area contributed by atoms with E-state index in [1.54, 1.807) is 0 Å². The van der Waals surface area contributed by atoms with E-state index in [9.17, 15) is 0 Å². The van der Waals surface area contributed by atoms with Crippen molar-refractivity contribution in [1.29, 1.82) is 5.41 Å². The second-order valence-corrected chi connectivity index (χ2v) is 27.9. The summed E-state index contributed by atoms with van der Waals surface area (Å²) in [6, 6.07) is 1.49. The van der Waals surface area contributed by atoms with Crippen LogP contribution in [0.5, 0.6) is 0 Å². The van der Waals surface area contributed by atoms with E-state index in [2.05, 4.69) is 57.7 Å². The van der Waals surface area contributed by atoms with Gasteiger partial charge >= 0.3 is 42.8 Å². The van der Waals surface area contributed by atoms with E-state index in [1.807, 2.05) is 13.8 Å². The van der Waals surface area contributed by atoms with Gasteiger partial charge in [-0.15, -0.1) is 0 Å². The van der Waals surface area contributed by atoms with Crippen LogP contribution in [0.25, 0.3) is 0 Å². The molecule has 0 aromatic heterocycles. The molecule has 0 saturated carbocycles. The first-order valence-electron chi connectivity index (χ1n) is 12.3. The summed E-state index contributed by atoms with van der Waals surface area (Å²) in [5.74, 6) is -0.0364. The van der Waals surface area contributed by atoms with E-state index in [-0.39, 0.29) is 5.96 Å². The van der Waals surface area contributed by atoms with E-state index in [4.69, 9.17) is 42.2 Å². The van der Waals surface area contributed by atoms with Crippen LogP contribution >= 0.6 is 0 Å². The highest BCUT2D eigenvalue weighted by Crippen LogP contribution is 2.32. The van der Waals surface area contributed by atoms with Crippen molar-refractivity contribution in [2.24, 2.45) is 11.5 Å². The van der Waals surface area contributed by atoms with Crippen molar-refractivity contribution in [3.05, 3.63) is 0 Å². The number of nitrogens with two attached hydrogens (primary N) is 2. The van der Waals surface area contributed by atoms with E-state index in [0.717, 1.165) is 24.9 Å². The predicted molar refractivity (Wildman–Crippen MR) is 151 cm³/mol. The molecule has 0 heterocycles. The van der Waals surface area contributed by atoms with Crippen LogP contribution in [0.15, 0.2) is 0 Å². The highest BCUT2D eigenvalue weighted by atomic mass is 28.5. The van der Waals surface area contributed by atoms with Crippen molar-refractivity contribution in [3.63, 3.8) is 0 Å². The second-order valence-electron chi connectivity index (χ2n) is 10.1. The molecule has 0 radical (unpaired) electrons. The number of nitrogens with one attached hydrogen (secondary N) is 2. The molecule has 0 aliphatic heterocycles. The van der Waals surface area contributed by atoms with Gasteiger partial charge in [-0.25, -0.2) is 0 Å². The quantitative estimate of drug-likeness (QED) is 0.0790. The van der Waals surface area contributed by atoms with Crippen molar-refractivity contribution in [1.82, 2.24) is 5.32 Å². The van der Waals surface area contributed by atoms with Crippen molar-refractivity contribution in [2.75, 3.05) is 26.3 Å². The standard InChI is InChI=1S/C19H52N4O6Si5/c1-11-24-30(3,4)26-32(7,8)28-33(9,17-13-15-20)29-34(10,18-14-16-23-19(21)22)27-31(5,6)25-12-2/h11-18,20H2,1-10H3,(H4,21,22,23). The summed E-state index contributed by atoms with van der Waals surface area (Å²) >= 11 is 0. The lowest BCUT2D eigenvalue weighted by Gasteiger charge is -2.44. The maximum Gasteiger partial charge on any atom is 0.322 e. The third-order valence-corrected chi connectivity index (χ3v) is 24.1. The summed E-state index contributed by atoms with van der Waals surface area (Å²) in [4.78, 5) is 0. The van der Waals surface area contributed by atoms with E-state index >= 15 is 0 Å². The van der Waals surface area contributed by atoms with Crippen molar-refractivity contribution >= 4 is 48.8 Å². The zero-order chi connectivity index (χ0) is 26.7. The minimum absolute atomic E-state index is 0.0364. The van der Waals surface area contributed by atoms with E-state index in [0.29, 0.717) is 26.3 Å². The minimum atomic E-state index is -2.73. The van der Waals surface area contributed by atoms with Crippen LogP contribution in [0.1, 0.15) is 26.7 Å². The van der Waals surface area contributed by atoms with Gasteiger partial charge in [0.25, 0.3) is 0 Å². The van der Waals surface area contributed by atoms with Crippen LogP contribution in [0.2, 0.25) is 64.5 Å². The third-order valence-electron chi connectivity index (χ3n) is 4.79. The van der Waals surface area contributed by atoms with Crippen LogP contribution < -0.4 is 16.8 Å². The Labute approximate surface area is 213 Å². The van der Waals surface area contributed by atoms with Crippen LogP contribution in [0, 0.1) is 5.41 Å². The fourth-order valence-electron chi connectivity index (χ4n) is 4.16. The molecular formula is C19H52N4O6Si5. The number of guanidine groups is 1. The zero-order valence-electron chi connectivity index (χ0n) is 23.3. The average Bonchev–Trinajstić information content (AvgIpc) is 2.61. The molecule has 34 heavy (non-hydrogen) atoms. The van der Waals surface area contributed by atoms with Gasteiger partial charge in [-0.3, -0.25) is 5.41 Å². The highest BCUT2D eigenvalue weighted by molar-refractivity contribution is 6.90. The van der Waals surface area contributed by atoms with E-state index in [1.165, 1.54) is 0 Å². The third kappa shape index (κ3) is 15.2. The Balaban J connectivity index is 5.83. The average molecular weight is 573 g/mol. The van der Waals surface area contributed by atoms with E-state index < -0.39 is 42.8 Å². The van der Waals surface area contributed by atoms with Gasteiger partial charge in [-0.05, 0) is 97.7 Å². The molecule has 0 bridgehead atoms. The Morgan fingerprint density at radius 3 is 1.59 bits per heavy atom. The summed E-state index contributed by atoms with van der Waals surface area (Å²) in [5, 5.41) is 10.3. The predicted octanol–water partition coefficient (Wildman–Crippen LogP) is 3.60. The first-order valence-corrected chi connectivity index (χ1v) is 25.8. The van der Waals surface area contributed by atoms with Gasteiger partial charge < -0.3 is 42.1 Å². The fraction of sp³-hybridized carbons (Fsp3) is 0.947. The zero-order valence-corrected chi connectivity index (χ0v) is 28.3. The summed E-state index contributed by atoms with van der Waals surface area (Å²) in [6.45, 7) is 22.9. The lowest BCUT2D eigenvalue weighted by Crippen LogP contribution is -2.61. The first-order chi connectivity index (χ1) is 15.4. The molecule has 15 heteroatoms. The molecule has 0 aromatic rings. The normalized spacial score (nSPS) is 16.7. The van der Waals surface area contributed by atoms with Gasteiger partial charge in [-0.1, -0.05) is 0 Å². The fourth-order valence-corrected chi connectivity index (χ4v) is 27.7. The second kappa shape index (κ2) is 14.7. The van der Waals surface area contributed by atoms with Gasteiger partial charge in [0.05, 0.1) is 0 Å². The van der Waals surface area contributed by atoms with Gasteiger partial charge in [0.1, 0.15) is 0 Å². The van der Waals surface area contributed by atoms with Crippen LogP contribution in [0.4, 0.5) is 0 Å². The monoisotopic (exact) mass is 572 g/mol. The summed E-state index contributed by atoms with van der Waals surface area (Å²) in [5.41, 5.74) is 11.3. The van der Waals surface area contributed by atoms with Crippen molar-refractivity contribution in [3.8, 4) is 0 Å². The van der Waals surface area contributed by atoms with Crippen LogP contribution in [-0.4, -0.2) is 75.1 Å². The maximum absolute atomic E-state index is 7.41. The molecule has 0 saturated heterocycles. The Hall–Kier alpha value is 0.0744. The maximum atomic E-state index is 7.41. The summed E-state index contributed by atoms with van der Waals surface area (Å²) in [6.07, 6.45) is 1.57. The van der Waals surface area contributed by atoms with Crippen LogP contribution in [0.3, 0.4) is 0 Å². The minimum Gasteiger partial charge on any atom is -0.416 e.